The van der Waals surface area contributed by atoms with Crippen LogP contribution in [0.25, 0.3) is 0 Å². The molecule has 0 aromatic carbocycles. The zero-order valence-electron chi connectivity index (χ0n) is 12.3. The van der Waals surface area contributed by atoms with Crippen LogP contribution in [0.15, 0.2) is 5.16 Å². The molecule has 19 heavy (non-hydrogen) atoms. The Labute approximate surface area is 115 Å². The summed E-state index contributed by atoms with van der Waals surface area (Å²) in [6, 6.07) is 0.109. The Hall–Kier alpha value is -1.26. The normalized spacial score (nSPS) is 21.2. The molecule has 0 aliphatic heterocycles. The Kier molecular flexibility index (Phi) is 5.63. The van der Waals surface area contributed by atoms with E-state index in [0.717, 1.165) is 25.7 Å². The largest absolute Gasteiger partial charge is 0.409 e. The fourth-order valence-electron chi connectivity index (χ4n) is 2.98. The Bertz CT molecular complexity index is 334. The maximum Gasteiger partial charge on any atom is 0.234 e. The molecule has 4 N–H and O–H groups in total. The molecule has 1 amide bonds. The fraction of sp³-hybridized carbons (Fsp3) is 0.857. The molecule has 1 atom stereocenters. The van der Waals surface area contributed by atoms with Gasteiger partial charge >= 0.3 is 0 Å². The van der Waals surface area contributed by atoms with Crippen LogP contribution in [0.3, 0.4) is 0 Å². The first-order chi connectivity index (χ1) is 8.92. The minimum atomic E-state index is -0.807. The predicted molar refractivity (Wildman–Crippen MR) is 76.0 cm³/mol. The highest BCUT2D eigenvalue weighted by atomic mass is 16.4. The topological polar surface area (TPSA) is 87.7 Å². The first kappa shape index (κ1) is 15.8. The zero-order chi connectivity index (χ0) is 14.5. The second-order valence-corrected chi connectivity index (χ2v) is 6.13. The Balaban J connectivity index is 2.78. The average Bonchev–Trinajstić information content (AvgIpc) is 2.37. The van der Waals surface area contributed by atoms with E-state index >= 15 is 0 Å². The van der Waals surface area contributed by atoms with Gasteiger partial charge < -0.3 is 16.3 Å². The lowest BCUT2D eigenvalue weighted by atomic mass is 9.72. The van der Waals surface area contributed by atoms with E-state index in [2.05, 4.69) is 24.3 Å². The van der Waals surface area contributed by atoms with Gasteiger partial charge in [-0.05, 0) is 32.1 Å². The lowest BCUT2D eigenvalue weighted by molar-refractivity contribution is -0.129. The minimum Gasteiger partial charge on any atom is -0.409 e. The van der Waals surface area contributed by atoms with Crippen LogP contribution in [-0.4, -0.2) is 23.0 Å². The van der Waals surface area contributed by atoms with Crippen LogP contribution in [0, 0.1) is 11.3 Å². The summed E-state index contributed by atoms with van der Waals surface area (Å²) in [6.45, 7) is 6.26. The third kappa shape index (κ3) is 3.85. The molecule has 0 saturated heterocycles. The molecule has 1 rings (SSSR count). The van der Waals surface area contributed by atoms with Gasteiger partial charge in [0.05, 0.1) is 0 Å². The third-order valence-corrected chi connectivity index (χ3v) is 3.94. The van der Waals surface area contributed by atoms with Crippen molar-refractivity contribution in [1.29, 1.82) is 0 Å². The summed E-state index contributed by atoms with van der Waals surface area (Å²) in [7, 11) is 0. The second-order valence-electron chi connectivity index (χ2n) is 6.13. The van der Waals surface area contributed by atoms with Crippen molar-refractivity contribution in [3.05, 3.63) is 0 Å². The monoisotopic (exact) mass is 269 g/mol. The number of nitrogens with two attached hydrogens (primary N) is 1. The van der Waals surface area contributed by atoms with Gasteiger partial charge in [0.25, 0.3) is 0 Å². The number of amidine groups is 1. The minimum absolute atomic E-state index is 0.0569. The summed E-state index contributed by atoms with van der Waals surface area (Å²) in [5.74, 6) is 0.499. The molecule has 0 aromatic heterocycles. The molecular formula is C14H27N3O2. The number of hydrogen-bond donors (Lipinski definition) is 3. The molecule has 0 bridgehead atoms. The number of hydrogen-bond acceptors (Lipinski definition) is 3. The van der Waals surface area contributed by atoms with Crippen LogP contribution in [0.1, 0.15) is 59.3 Å². The summed E-state index contributed by atoms with van der Waals surface area (Å²) in [6.07, 6.45) is 5.27. The molecular weight excluding hydrogens is 242 g/mol. The molecule has 1 saturated carbocycles. The van der Waals surface area contributed by atoms with Crippen LogP contribution >= 0.6 is 0 Å². The van der Waals surface area contributed by atoms with Crippen molar-refractivity contribution in [3.63, 3.8) is 0 Å². The summed E-state index contributed by atoms with van der Waals surface area (Å²) in [5.41, 5.74) is 4.99. The van der Waals surface area contributed by atoms with Gasteiger partial charge in [0.1, 0.15) is 5.41 Å². The van der Waals surface area contributed by atoms with E-state index < -0.39 is 5.41 Å². The number of oxime groups is 1. The molecule has 1 aliphatic carbocycles. The van der Waals surface area contributed by atoms with Gasteiger partial charge in [0.2, 0.25) is 5.91 Å². The summed E-state index contributed by atoms with van der Waals surface area (Å²) in [5, 5.41) is 15.1. The van der Waals surface area contributed by atoms with Gasteiger partial charge in [-0.2, -0.15) is 0 Å². The maximum absolute atomic E-state index is 12.5. The molecule has 110 valence electrons. The number of carbonyl (C=O) groups is 1. The molecule has 1 fully saturated rings. The zero-order valence-corrected chi connectivity index (χ0v) is 12.3. The molecule has 1 unspecified atom stereocenters. The number of nitrogens with one attached hydrogen (secondary N) is 1. The van der Waals surface area contributed by atoms with Crippen molar-refractivity contribution in [2.45, 2.75) is 65.3 Å². The van der Waals surface area contributed by atoms with Crippen molar-refractivity contribution in [1.82, 2.24) is 5.32 Å². The smallest absolute Gasteiger partial charge is 0.234 e. The summed E-state index contributed by atoms with van der Waals surface area (Å²) < 4.78 is 0. The van der Waals surface area contributed by atoms with Crippen LogP contribution in [0.4, 0.5) is 0 Å². The van der Waals surface area contributed by atoms with Gasteiger partial charge in [-0.25, -0.2) is 0 Å². The van der Waals surface area contributed by atoms with Crippen molar-refractivity contribution < 1.29 is 10.0 Å². The molecule has 0 spiro atoms. The number of rotatable bonds is 5. The second kappa shape index (κ2) is 6.78. The van der Waals surface area contributed by atoms with E-state index in [1.54, 1.807) is 0 Å². The van der Waals surface area contributed by atoms with Gasteiger partial charge in [0, 0.05) is 6.04 Å². The summed E-state index contributed by atoms with van der Waals surface area (Å²) >= 11 is 0. The van der Waals surface area contributed by atoms with Crippen molar-refractivity contribution >= 4 is 11.7 Å². The Morgan fingerprint density at radius 1 is 1.32 bits per heavy atom. The fourth-order valence-corrected chi connectivity index (χ4v) is 2.98. The first-order valence-corrected chi connectivity index (χ1v) is 7.21. The number of nitrogens with zero attached hydrogens (tertiary/aromatic N) is 1. The van der Waals surface area contributed by atoms with Gasteiger partial charge in [-0.1, -0.05) is 38.3 Å². The summed E-state index contributed by atoms with van der Waals surface area (Å²) in [4.78, 5) is 12.5. The van der Waals surface area contributed by atoms with Crippen LogP contribution in [0.2, 0.25) is 0 Å². The molecule has 0 radical (unpaired) electrons. The number of amides is 1. The van der Waals surface area contributed by atoms with E-state index in [4.69, 9.17) is 10.9 Å². The maximum atomic E-state index is 12.5. The Morgan fingerprint density at radius 3 is 2.37 bits per heavy atom. The average molecular weight is 269 g/mol. The highest BCUT2D eigenvalue weighted by molar-refractivity contribution is 6.06. The van der Waals surface area contributed by atoms with Crippen LogP contribution in [0.5, 0.6) is 0 Å². The van der Waals surface area contributed by atoms with E-state index in [1.165, 1.54) is 0 Å². The van der Waals surface area contributed by atoms with E-state index in [9.17, 15) is 4.79 Å². The highest BCUT2D eigenvalue weighted by Crippen LogP contribution is 2.37. The van der Waals surface area contributed by atoms with Crippen molar-refractivity contribution in [2.75, 3.05) is 0 Å². The third-order valence-electron chi connectivity index (χ3n) is 3.94. The SMILES string of the molecule is CC(C)CC(C)NC(=O)C1(C(N)=NO)CCCCC1. The van der Waals surface area contributed by atoms with Crippen molar-refractivity contribution in [3.8, 4) is 0 Å². The van der Waals surface area contributed by atoms with Crippen LogP contribution < -0.4 is 11.1 Å². The van der Waals surface area contributed by atoms with E-state index in [-0.39, 0.29) is 17.8 Å². The van der Waals surface area contributed by atoms with Gasteiger partial charge in [-0.15, -0.1) is 0 Å². The lowest BCUT2D eigenvalue weighted by Gasteiger charge is -2.35. The molecule has 0 heterocycles. The van der Waals surface area contributed by atoms with Crippen LogP contribution in [-0.2, 0) is 4.79 Å². The highest BCUT2D eigenvalue weighted by Gasteiger charge is 2.44. The number of carbonyl (C=O) groups excluding carboxylic acids is 1. The standard InChI is InChI=1S/C14H27N3O2/c1-10(2)9-11(3)16-13(18)14(12(15)17-19)7-5-4-6-8-14/h10-11,19H,4-9H2,1-3H3,(H2,15,17)(H,16,18). The molecule has 0 aromatic rings. The molecule has 5 nitrogen and oxygen atoms in total. The van der Waals surface area contributed by atoms with Gasteiger partial charge in [0.15, 0.2) is 5.84 Å². The first-order valence-electron chi connectivity index (χ1n) is 7.21. The molecule has 1 aliphatic rings. The van der Waals surface area contributed by atoms with Gasteiger partial charge in [-0.3, -0.25) is 4.79 Å². The quantitative estimate of drug-likeness (QED) is 0.309. The van der Waals surface area contributed by atoms with E-state index in [0.29, 0.717) is 18.8 Å². The van der Waals surface area contributed by atoms with E-state index in [1.807, 2.05) is 6.92 Å². The molecule has 5 heteroatoms. The Morgan fingerprint density at radius 2 is 1.89 bits per heavy atom. The van der Waals surface area contributed by atoms with Crippen molar-refractivity contribution in [2.24, 2.45) is 22.2 Å². The lowest BCUT2D eigenvalue weighted by Crippen LogP contribution is -2.53. The predicted octanol–water partition coefficient (Wildman–Crippen LogP) is 2.23.